The topological polar surface area (TPSA) is 55.6 Å². The maximum Gasteiger partial charge on any atom is 0.263 e. The molecule has 2 rings (SSSR count). The summed E-state index contributed by atoms with van der Waals surface area (Å²) in [6, 6.07) is 7.60. The molecule has 4 nitrogen and oxygen atoms in total. The van der Waals surface area contributed by atoms with Gasteiger partial charge in [-0.25, -0.2) is 5.06 Å². The lowest BCUT2D eigenvalue weighted by atomic mass is 9.95. The van der Waals surface area contributed by atoms with Gasteiger partial charge < -0.3 is 5.73 Å². The van der Waals surface area contributed by atoms with Crippen molar-refractivity contribution in [2.45, 2.75) is 39.2 Å². The lowest BCUT2D eigenvalue weighted by molar-refractivity contribution is -0.198. The highest BCUT2D eigenvalue weighted by Gasteiger charge is 2.24. The van der Waals surface area contributed by atoms with Crippen LogP contribution in [0, 0.1) is 6.92 Å². The van der Waals surface area contributed by atoms with Crippen LogP contribution in [0.15, 0.2) is 30.3 Å². The van der Waals surface area contributed by atoms with E-state index in [-0.39, 0.29) is 5.91 Å². The first-order valence-electron chi connectivity index (χ1n) is 7.54. The second kappa shape index (κ2) is 7.38. The number of amides is 1. The highest BCUT2D eigenvalue weighted by atomic mass is 16.7. The molecule has 2 N–H and O–H groups in total. The van der Waals surface area contributed by atoms with Crippen LogP contribution in [0.4, 0.5) is 0 Å². The largest absolute Gasteiger partial charge is 0.320 e. The molecule has 114 valence electrons. The van der Waals surface area contributed by atoms with Crippen LogP contribution in [-0.2, 0) is 9.63 Å². The van der Waals surface area contributed by atoms with Crippen molar-refractivity contribution in [2.24, 2.45) is 5.73 Å². The van der Waals surface area contributed by atoms with Crippen molar-refractivity contribution in [3.8, 4) is 0 Å². The smallest absolute Gasteiger partial charge is 0.263 e. The zero-order valence-corrected chi connectivity index (χ0v) is 12.8. The summed E-state index contributed by atoms with van der Waals surface area (Å²) < 4.78 is 0. The van der Waals surface area contributed by atoms with Gasteiger partial charge in [0.2, 0.25) is 0 Å². The van der Waals surface area contributed by atoms with Gasteiger partial charge in [-0.1, -0.05) is 30.3 Å². The van der Waals surface area contributed by atoms with Crippen LogP contribution in [0.5, 0.6) is 0 Å². The Morgan fingerprint density at radius 3 is 2.81 bits per heavy atom. The van der Waals surface area contributed by atoms with Gasteiger partial charge in [-0.05, 0) is 49.8 Å². The van der Waals surface area contributed by atoms with Crippen LogP contribution in [0.2, 0.25) is 0 Å². The van der Waals surface area contributed by atoms with Gasteiger partial charge in [0.15, 0.2) is 0 Å². The molecule has 0 bridgehead atoms. The van der Waals surface area contributed by atoms with Crippen molar-refractivity contribution in [1.29, 1.82) is 0 Å². The second-order valence-electron chi connectivity index (χ2n) is 5.42. The Balaban J connectivity index is 2.05. The van der Waals surface area contributed by atoms with E-state index in [0.29, 0.717) is 19.6 Å². The number of rotatable bonds is 4. The van der Waals surface area contributed by atoms with E-state index in [1.807, 2.05) is 25.1 Å². The van der Waals surface area contributed by atoms with Crippen molar-refractivity contribution in [3.63, 3.8) is 0 Å². The van der Waals surface area contributed by atoms with Gasteiger partial charge in [0.25, 0.3) is 5.91 Å². The number of allylic oxidation sites excluding steroid dienone is 1. The summed E-state index contributed by atoms with van der Waals surface area (Å²) in [7, 11) is 0. The first kappa shape index (κ1) is 15.7. The fraction of sp³-hybridized carbons (Fsp3) is 0.471. The molecule has 1 aliphatic rings. The van der Waals surface area contributed by atoms with E-state index in [2.05, 4.69) is 19.1 Å². The van der Waals surface area contributed by atoms with Crippen LogP contribution < -0.4 is 5.73 Å². The molecule has 0 aliphatic carbocycles. The molecule has 0 aromatic heterocycles. The Labute approximate surface area is 126 Å². The molecule has 1 aliphatic heterocycles. The summed E-state index contributed by atoms with van der Waals surface area (Å²) in [5.74, 6) is -0.123. The summed E-state index contributed by atoms with van der Waals surface area (Å²) in [6.45, 7) is 5.30. The zero-order valence-electron chi connectivity index (χ0n) is 12.8. The third-order valence-electron chi connectivity index (χ3n) is 3.84. The van der Waals surface area contributed by atoms with Crippen LogP contribution in [0.3, 0.4) is 0 Å². The molecule has 1 aromatic rings. The van der Waals surface area contributed by atoms with Gasteiger partial charge in [0.05, 0.1) is 12.6 Å². The molecule has 1 fully saturated rings. The number of carbonyl (C=O) groups is 1. The van der Waals surface area contributed by atoms with Gasteiger partial charge in [0, 0.05) is 6.54 Å². The van der Waals surface area contributed by atoms with Gasteiger partial charge in [-0.3, -0.25) is 9.63 Å². The predicted molar refractivity (Wildman–Crippen MR) is 84.3 cm³/mol. The Morgan fingerprint density at radius 1 is 1.43 bits per heavy atom. The van der Waals surface area contributed by atoms with Gasteiger partial charge in [-0.15, -0.1) is 0 Å². The molecule has 0 saturated carbocycles. The minimum atomic E-state index is -0.561. The number of carbonyl (C=O) groups excluding carboxylic acids is 1. The maximum absolute atomic E-state index is 12.3. The van der Waals surface area contributed by atoms with Crippen LogP contribution in [0.25, 0.3) is 5.57 Å². The number of benzene rings is 1. The Hall–Kier alpha value is -1.65. The van der Waals surface area contributed by atoms with Crippen molar-refractivity contribution >= 4 is 11.5 Å². The fourth-order valence-corrected chi connectivity index (χ4v) is 2.60. The molecule has 1 aromatic carbocycles. The van der Waals surface area contributed by atoms with E-state index in [1.54, 1.807) is 0 Å². The molecule has 1 saturated heterocycles. The minimum Gasteiger partial charge on any atom is -0.320 e. The summed E-state index contributed by atoms with van der Waals surface area (Å²) in [4.78, 5) is 17.7. The van der Waals surface area contributed by atoms with Gasteiger partial charge in [-0.2, -0.15) is 0 Å². The molecule has 4 heteroatoms. The van der Waals surface area contributed by atoms with Crippen molar-refractivity contribution in [1.82, 2.24) is 5.06 Å². The van der Waals surface area contributed by atoms with Gasteiger partial charge in [0.1, 0.15) is 0 Å². The summed E-state index contributed by atoms with van der Waals surface area (Å²) in [5.41, 5.74) is 9.55. The van der Waals surface area contributed by atoms with Crippen LogP contribution in [0.1, 0.15) is 37.3 Å². The predicted octanol–water partition coefficient (Wildman–Crippen LogP) is 2.67. The number of nitrogens with zero attached hydrogens (tertiary/aromatic N) is 1. The van der Waals surface area contributed by atoms with E-state index in [0.717, 1.165) is 24.0 Å². The maximum atomic E-state index is 12.3. The molecule has 0 radical (unpaired) electrons. The van der Waals surface area contributed by atoms with Crippen molar-refractivity contribution in [2.75, 3.05) is 13.2 Å². The summed E-state index contributed by atoms with van der Waals surface area (Å²) in [6.07, 6.45) is 4.54. The molecule has 1 heterocycles. The molecule has 1 atom stereocenters. The number of aryl methyl sites for hydroxylation is 1. The average Bonchev–Trinajstić information content (AvgIpc) is 2.53. The average molecular weight is 288 g/mol. The minimum absolute atomic E-state index is 0.123. The molecule has 0 spiro atoms. The molecular formula is C17H24N2O2. The van der Waals surface area contributed by atoms with E-state index in [1.165, 1.54) is 10.6 Å². The molecular weight excluding hydrogens is 264 g/mol. The molecule has 21 heavy (non-hydrogen) atoms. The lowest BCUT2D eigenvalue weighted by Crippen LogP contribution is -2.45. The third-order valence-corrected chi connectivity index (χ3v) is 3.84. The summed E-state index contributed by atoms with van der Waals surface area (Å²) in [5, 5.41) is 1.43. The third kappa shape index (κ3) is 3.93. The highest BCUT2D eigenvalue weighted by Crippen LogP contribution is 2.23. The lowest BCUT2D eigenvalue weighted by Gasteiger charge is -2.28. The Morgan fingerprint density at radius 2 is 2.19 bits per heavy atom. The van der Waals surface area contributed by atoms with E-state index in [9.17, 15) is 4.79 Å². The van der Waals surface area contributed by atoms with Crippen LogP contribution in [-0.4, -0.2) is 30.2 Å². The van der Waals surface area contributed by atoms with Crippen LogP contribution >= 0.6 is 0 Å². The quantitative estimate of drug-likeness (QED) is 0.926. The van der Waals surface area contributed by atoms with Crippen molar-refractivity contribution < 1.29 is 9.63 Å². The van der Waals surface area contributed by atoms with E-state index in [4.69, 9.17) is 10.6 Å². The zero-order chi connectivity index (χ0) is 15.2. The SMILES string of the molecule is C/C=C(/C[C@H](N)C(=O)N1CCCCO1)c1ccccc1C. The number of nitrogens with two attached hydrogens (primary N) is 1. The standard InChI is InChI=1S/C17H24N2O2/c1-3-14(15-9-5-4-8-13(15)2)12-16(18)17(20)19-10-6-7-11-21-19/h3-5,8-9,16H,6-7,10-12,18H2,1-2H3/b14-3-/t16-/m0/s1. The number of hydrogen-bond donors (Lipinski definition) is 1. The molecule has 0 unspecified atom stereocenters. The van der Waals surface area contributed by atoms with E-state index < -0.39 is 6.04 Å². The number of hydrogen-bond acceptors (Lipinski definition) is 3. The van der Waals surface area contributed by atoms with Gasteiger partial charge >= 0.3 is 0 Å². The normalized spacial score (nSPS) is 17.7. The Kier molecular flexibility index (Phi) is 5.53. The summed E-state index contributed by atoms with van der Waals surface area (Å²) >= 11 is 0. The highest BCUT2D eigenvalue weighted by molar-refractivity contribution is 5.83. The second-order valence-corrected chi connectivity index (χ2v) is 5.42. The molecule has 1 amide bonds. The number of hydroxylamine groups is 2. The monoisotopic (exact) mass is 288 g/mol. The first-order chi connectivity index (χ1) is 10.1. The first-order valence-corrected chi connectivity index (χ1v) is 7.54. The fourth-order valence-electron chi connectivity index (χ4n) is 2.60. The van der Waals surface area contributed by atoms with Crippen molar-refractivity contribution in [3.05, 3.63) is 41.5 Å². The Bertz CT molecular complexity index is 519. The van der Waals surface area contributed by atoms with E-state index >= 15 is 0 Å².